The van der Waals surface area contributed by atoms with Gasteiger partial charge in [0, 0.05) is 43.5 Å². The number of amides is 2. The maximum atomic E-state index is 12.9. The predicted molar refractivity (Wildman–Crippen MR) is 117 cm³/mol. The number of hydrogen-bond donors (Lipinski definition) is 1. The average molecular weight is 413 g/mol. The summed E-state index contributed by atoms with van der Waals surface area (Å²) in [5, 5.41) is 5.06. The summed E-state index contributed by atoms with van der Waals surface area (Å²) in [4.78, 5) is 27.4. The van der Waals surface area contributed by atoms with Crippen LogP contribution in [0.15, 0.2) is 42.5 Å². The molecule has 2 unspecified atom stereocenters. The van der Waals surface area contributed by atoms with Gasteiger partial charge in [0.05, 0.1) is 6.10 Å². The first-order valence-electron chi connectivity index (χ1n) is 10.5. The smallest absolute Gasteiger partial charge is 0.251 e. The zero-order valence-corrected chi connectivity index (χ0v) is 17.5. The van der Waals surface area contributed by atoms with Crippen LogP contribution < -0.4 is 5.32 Å². The van der Waals surface area contributed by atoms with Crippen molar-refractivity contribution in [2.75, 3.05) is 31.2 Å². The Labute approximate surface area is 176 Å². The number of benzene rings is 2. The van der Waals surface area contributed by atoms with Gasteiger partial charge in [-0.15, -0.1) is 0 Å². The lowest BCUT2D eigenvalue weighted by Gasteiger charge is -2.31. The molecule has 2 aliphatic rings. The summed E-state index contributed by atoms with van der Waals surface area (Å²) in [7, 11) is 0. The number of carbonyl (C=O) groups is 2. The number of fused-ring (bicyclic) bond motifs is 1. The highest BCUT2D eigenvalue weighted by molar-refractivity contribution is 7.99. The van der Waals surface area contributed by atoms with E-state index in [9.17, 15) is 9.59 Å². The molecule has 0 spiro atoms. The van der Waals surface area contributed by atoms with Gasteiger partial charge < -0.3 is 15.0 Å². The summed E-state index contributed by atoms with van der Waals surface area (Å²) in [6.45, 7) is 1.84. The second-order valence-electron chi connectivity index (χ2n) is 7.77. The molecule has 29 heavy (non-hydrogen) atoms. The molecule has 2 amide bonds. The van der Waals surface area contributed by atoms with Gasteiger partial charge in [-0.05, 0) is 47.9 Å². The van der Waals surface area contributed by atoms with E-state index in [1.807, 2.05) is 59.1 Å². The van der Waals surface area contributed by atoms with Crippen molar-refractivity contribution in [3.8, 4) is 0 Å². The maximum Gasteiger partial charge on any atom is 0.251 e. The van der Waals surface area contributed by atoms with E-state index in [2.05, 4.69) is 5.32 Å². The van der Waals surface area contributed by atoms with Crippen LogP contribution in [0.2, 0.25) is 0 Å². The fourth-order valence-corrected chi connectivity index (χ4v) is 5.31. The van der Waals surface area contributed by atoms with Crippen LogP contribution in [0, 0.1) is 0 Å². The minimum absolute atomic E-state index is 0.117. The zero-order valence-electron chi connectivity index (χ0n) is 16.6. The van der Waals surface area contributed by atoms with E-state index >= 15 is 0 Å². The van der Waals surface area contributed by atoms with Gasteiger partial charge in [-0.3, -0.25) is 9.59 Å². The molecule has 6 heteroatoms. The van der Waals surface area contributed by atoms with Crippen LogP contribution in [0.5, 0.6) is 0 Å². The third kappa shape index (κ3) is 5.11. The van der Waals surface area contributed by atoms with Crippen molar-refractivity contribution in [1.82, 2.24) is 10.2 Å². The first-order chi connectivity index (χ1) is 14.2. The molecule has 4 rings (SSSR count). The van der Waals surface area contributed by atoms with Crippen LogP contribution in [-0.4, -0.2) is 60.1 Å². The number of nitrogens with one attached hydrogen (secondary N) is 1. The summed E-state index contributed by atoms with van der Waals surface area (Å²) >= 11 is 1.91. The molecular weight excluding hydrogens is 384 g/mol. The van der Waals surface area contributed by atoms with Crippen LogP contribution in [-0.2, 0) is 9.53 Å². The normalized spacial score (nSPS) is 21.4. The predicted octanol–water partition coefficient (Wildman–Crippen LogP) is 3.47. The van der Waals surface area contributed by atoms with Crippen LogP contribution in [0.1, 0.15) is 36.0 Å². The molecule has 0 saturated carbocycles. The number of hydrogen-bond acceptors (Lipinski definition) is 4. The number of ether oxygens (including phenoxy) is 1. The summed E-state index contributed by atoms with van der Waals surface area (Å²) in [5.41, 5.74) is 0.625. The Hall–Kier alpha value is -2.05. The third-order valence-corrected chi connectivity index (χ3v) is 6.87. The summed E-state index contributed by atoms with van der Waals surface area (Å²) in [5.74, 6) is 2.10. The van der Waals surface area contributed by atoms with Crippen LogP contribution in [0.3, 0.4) is 0 Å². The lowest BCUT2D eigenvalue weighted by atomic mass is 10.1. The topological polar surface area (TPSA) is 58.6 Å². The minimum Gasteiger partial charge on any atom is -0.376 e. The van der Waals surface area contributed by atoms with Gasteiger partial charge in [0.1, 0.15) is 0 Å². The monoisotopic (exact) mass is 412 g/mol. The number of nitrogens with zero attached hydrogens (tertiary/aromatic N) is 1. The van der Waals surface area contributed by atoms with E-state index in [0.717, 1.165) is 48.1 Å². The van der Waals surface area contributed by atoms with Crippen molar-refractivity contribution < 1.29 is 14.3 Å². The number of carbonyl (C=O) groups excluding carboxylic acids is 2. The molecule has 2 saturated heterocycles. The highest BCUT2D eigenvalue weighted by Crippen LogP contribution is 2.25. The summed E-state index contributed by atoms with van der Waals surface area (Å²) in [6.07, 6.45) is 3.65. The van der Waals surface area contributed by atoms with E-state index in [1.165, 1.54) is 0 Å². The molecule has 154 valence electrons. The van der Waals surface area contributed by atoms with Gasteiger partial charge in [-0.25, -0.2) is 0 Å². The van der Waals surface area contributed by atoms with E-state index in [0.29, 0.717) is 31.1 Å². The van der Waals surface area contributed by atoms with Crippen molar-refractivity contribution in [2.45, 2.75) is 37.8 Å². The summed E-state index contributed by atoms with van der Waals surface area (Å²) in [6, 6.07) is 14.0. The van der Waals surface area contributed by atoms with Crippen molar-refractivity contribution in [3.05, 3.63) is 48.0 Å². The van der Waals surface area contributed by atoms with Gasteiger partial charge in [0.25, 0.3) is 5.91 Å². The quantitative estimate of drug-likeness (QED) is 0.757. The molecule has 0 aromatic heterocycles. The molecule has 2 aromatic rings. The zero-order chi connectivity index (χ0) is 20.1. The van der Waals surface area contributed by atoms with Gasteiger partial charge in [0.2, 0.25) is 5.91 Å². The van der Waals surface area contributed by atoms with Gasteiger partial charge in [-0.2, -0.15) is 11.8 Å². The largest absolute Gasteiger partial charge is 0.376 e. The standard InChI is InChI=1S/C23H28N2O3S/c26-22(25(20-10-13-29-16-20)15-21-6-3-12-28-21)9-11-24-23(27)19-8-7-17-4-1-2-5-18(17)14-19/h1-2,4-5,7-8,14,20-21H,3,6,9-13,15-16H2,(H,24,27). The Morgan fingerprint density at radius 2 is 2.00 bits per heavy atom. The van der Waals surface area contributed by atoms with E-state index in [1.54, 1.807) is 0 Å². The summed E-state index contributed by atoms with van der Waals surface area (Å²) < 4.78 is 5.76. The van der Waals surface area contributed by atoms with E-state index in [4.69, 9.17) is 4.74 Å². The van der Waals surface area contributed by atoms with Crippen molar-refractivity contribution >= 4 is 34.3 Å². The van der Waals surface area contributed by atoms with Crippen LogP contribution in [0.25, 0.3) is 10.8 Å². The highest BCUT2D eigenvalue weighted by Gasteiger charge is 2.30. The first kappa shape index (κ1) is 20.2. The molecule has 2 atom stereocenters. The van der Waals surface area contributed by atoms with Crippen molar-refractivity contribution in [1.29, 1.82) is 0 Å². The minimum atomic E-state index is -0.134. The van der Waals surface area contributed by atoms with Gasteiger partial charge >= 0.3 is 0 Å². The molecule has 2 aliphatic heterocycles. The molecule has 2 aromatic carbocycles. The molecular formula is C23H28N2O3S. The maximum absolute atomic E-state index is 12.9. The molecule has 1 N–H and O–H groups in total. The van der Waals surface area contributed by atoms with Gasteiger partial charge in [-0.1, -0.05) is 30.3 Å². The Kier molecular flexibility index (Phi) is 6.72. The van der Waals surface area contributed by atoms with Crippen molar-refractivity contribution in [3.63, 3.8) is 0 Å². The fraction of sp³-hybridized carbons (Fsp3) is 0.478. The SMILES string of the molecule is O=C(NCCC(=O)N(CC1CCCO1)C1CCSC1)c1ccc2ccccc2c1. The van der Waals surface area contributed by atoms with E-state index < -0.39 is 0 Å². The average Bonchev–Trinajstić information content (AvgIpc) is 3.45. The highest BCUT2D eigenvalue weighted by atomic mass is 32.2. The second kappa shape index (κ2) is 9.63. The Balaban J connectivity index is 1.32. The molecule has 0 radical (unpaired) electrons. The van der Waals surface area contributed by atoms with Crippen LogP contribution in [0.4, 0.5) is 0 Å². The van der Waals surface area contributed by atoms with Crippen LogP contribution >= 0.6 is 11.8 Å². The molecule has 2 fully saturated rings. The third-order valence-electron chi connectivity index (χ3n) is 5.73. The van der Waals surface area contributed by atoms with Crippen molar-refractivity contribution in [2.24, 2.45) is 0 Å². The first-order valence-corrected chi connectivity index (χ1v) is 11.6. The number of thioether (sulfide) groups is 1. The molecule has 0 bridgehead atoms. The Morgan fingerprint density at radius 1 is 1.14 bits per heavy atom. The Morgan fingerprint density at radius 3 is 2.76 bits per heavy atom. The number of rotatable bonds is 7. The van der Waals surface area contributed by atoms with E-state index in [-0.39, 0.29) is 17.9 Å². The lowest BCUT2D eigenvalue weighted by Crippen LogP contribution is -2.45. The second-order valence-corrected chi connectivity index (χ2v) is 8.92. The van der Waals surface area contributed by atoms with Gasteiger partial charge in [0.15, 0.2) is 0 Å². The molecule has 0 aliphatic carbocycles. The molecule has 5 nitrogen and oxygen atoms in total. The lowest BCUT2D eigenvalue weighted by molar-refractivity contribution is -0.134. The Bertz CT molecular complexity index is 860. The molecule has 2 heterocycles. The fourth-order valence-electron chi connectivity index (χ4n) is 4.09.